The smallest absolute Gasteiger partial charge is 0.224 e. The van der Waals surface area contributed by atoms with Gasteiger partial charge in [-0.3, -0.25) is 0 Å². The Morgan fingerprint density at radius 3 is 2.76 bits per heavy atom. The summed E-state index contributed by atoms with van der Waals surface area (Å²) in [6.45, 7) is 5.38. The second-order valence-electron chi connectivity index (χ2n) is 4.46. The lowest BCUT2D eigenvalue weighted by atomic mass is 10.1. The fourth-order valence-electron chi connectivity index (χ4n) is 1.50. The van der Waals surface area contributed by atoms with Gasteiger partial charge in [0.15, 0.2) is 0 Å². The summed E-state index contributed by atoms with van der Waals surface area (Å²) in [6, 6.07) is 0. The molecule has 1 aromatic rings. The largest absolute Gasteiger partial charge is 0.369 e. The van der Waals surface area contributed by atoms with Crippen molar-refractivity contribution in [1.29, 1.82) is 0 Å². The molecule has 0 atom stereocenters. The Kier molecular flexibility index (Phi) is 6.05. The van der Waals surface area contributed by atoms with Gasteiger partial charge in [-0.15, -0.1) is 0 Å². The van der Waals surface area contributed by atoms with Crippen LogP contribution in [0.1, 0.15) is 33.1 Å². The molecule has 5 heteroatoms. The Hall–Kier alpha value is -1.03. The summed E-state index contributed by atoms with van der Waals surface area (Å²) >= 11 is 6.00. The molecule has 0 amide bonds. The predicted molar refractivity (Wildman–Crippen MR) is 73.8 cm³/mol. The zero-order chi connectivity index (χ0) is 12.7. The van der Waals surface area contributed by atoms with Gasteiger partial charge in [0.25, 0.3) is 0 Å². The molecular weight excluding hydrogens is 236 g/mol. The van der Waals surface area contributed by atoms with Gasteiger partial charge in [0.1, 0.15) is 10.8 Å². The van der Waals surface area contributed by atoms with Crippen LogP contribution in [0.5, 0.6) is 0 Å². The van der Waals surface area contributed by atoms with Gasteiger partial charge in [0, 0.05) is 13.6 Å². The molecule has 0 unspecified atom stereocenters. The molecule has 0 spiro atoms. The predicted octanol–water partition coefficient (Wildman–Crippen LogP) is 3.41. The van der Waals surface area contributed by atoms with Crippen LogP contribution in [0.4, 0.5) is 11.8 Å². The van der Waals surface area contributed by atoms with Crippen molar-refractivity contribution in [3.05, 3.63) is 11.2 Å². The number of nitrogens with zero attached hydrogens (tertiary/aromatic N) is 2. The van der Waals surface area contributed by atoms with E-state index < -0.39 is 0 Å². The van der Waals surface area contributed by atoms with Crippen LogP contribution in [0.3, 0.4) is 0 Å². The van der Waals surface area contributed by atoms with E-state index in [1.807, 2.05) is 0 Å². The third-order valence-corrected chi connectivity index (χ3v) is 2.75. The molecule has 0 radical (unpaired) electrons. The molecule has 1 aromatic heterocycles. The molecule has 0 fully saturated rings. The number of hydrogen-bond acceptors (Lipinski definition) is 4. The first-order chi connectivity index (χ1) is 8.13. The van der Waals surface area contributed by atoms with Crippen LogP contribution >= 0.6 is 11.6 Å². The second-order valence-corrected chi connectivity index (χ2v) is 4.86. The molecule has 0 aliphatic rings. The van der Waals surface area contributed by atoms with Crippen LogP contribution in [0.2, 0.25) is 5.02 Å². The SMILES string of the molecule is CNc1ncc(Cl)c(NCCCCC(C)C)n1. The van der Waals surface area contributed by atoms with E-state index in [0.29, 0.717) is 16.8 Å². The minimum atomic E-state index is 0.563. The molecule has 0 aromatic carbocycles. The highest BCUT2D eigenvalue weighted by atomic mass is 35.5. The van der Waals surface area contributed by atoms with Crippen LogP contribution in [-0.2, 0) is 0 Å². The van der Waals surface area contributed by atoms with E-state index in [1.165, 1.54) is 12.8 Å². The minimum absolute atomic E-state index is 0.563. The number of nitrogens with one attached hydrogen (secondary N) is 2. The van der Waals surface area contributed by atoms with Crippen molar-refractivity contribution in [2.75, 3.05) is 24.2 Å². The van der Waals surface area contributed by atoms with Gasteiger partial charge in [0.2, 0.25) is 5.95 Å². The van der Waals surface area contributed by atoms with Gasteiger partial charge >= 0.3 is 0 Å². The third-order valence-electron chi connectivity index (χ3n) is 2.47. The molecule has 96 valence electrons. The van der Waals surface area contributed by atoms with E-state index >= 15 is 0 Å². The lowest BCUT2D eigenvalue weighted by Gasteiger charge is -2.09. The van der Waals surface area contributed by atoms with Crippen LogP contribution < -0.4 is 10.6 Å². The first kappa shape index (κ1) is 14.0. The minimum Gasteiger partial charge on any atom is -0.369 e. The standard InChI is InChI=1S/C12H21ClN4/c1-9(2)6-4-5-7-15-11-10(13)8-16-12(14-3)17-11/h8-9H,4-7H2,1-3H3,(H2,14,15,16,17). The van der Waals surface area contributed by atoms with Crippen molar-refractivity contribution in [3.63, 3.8) is 0 Å². The van der Waals surface area contributed by atoms with E-state index in [4.69, 9.17) is 11.6 Å². The average molecular weight is 257 g/mol. The summed E-state index contributed by atoms with van der Waals surface area (Å²) in [5.74, 6) is 2.06. The maximum atomic E-state index is 6.00. The van der Waals surface area contributed by atoms with Crippen molar-refractivity contribution in [2.24, 2.45) is 5.92 Å². The Morgan fingerprint density at radius 1 is 1.35 bits per heavy atom. The van der Waals surface area contributed by atoms with Crippen LogP contribution in [-0.4, -0.2) is 23.6 Å². The molecule has 17 heavy (non-hydrogen) atoms. The lowest BCUT2D eigenvalue weighted by molar-refractivity contribution is 0.544. The van der Waals surface area contributed by atoms with Crippen LogP contribution in [0.25, 0.3) is 0 Å². The molecule has 0 aliphatic carbocycles. The van der Waals surface area contributed by atoms with E-state index in [1.54, 1.807) is 13.2 Å². The van der Waals surface area contributed by atoms with Gasteiger partial charge in [0.05, 0.1) is 6.20 Å². The Balaban J connectivity index is 2.35. The topological polar surface area (TPSA) is 49.8 Å². The highest BCUT2D eigenvalue weighted by Crippen LogP contribution is 2.19. The number of aromatic nitrogens is 2. The quantitative estimate of drug-likeness (QED) is 0.734. The number of halogens is 1. The molecule has 0 saturated heterocycles. The molecule has 0 bridgehead atoms. The summed E-state index contributed by atoms with van der Waals surface area (Å²) in [7, 11) is 1.79. The first-order valence-corrected chi connectivity index (χ1v) is 6.45. The third kappa shape index (κ3) is 5.22. The van der Waals surface area contributed by atoms with Crippen molar-refractivity contribution in [1.82, 2.24) is 9.97 Å². The van der Waals surface area contributed by atoms with E-state index in [9.17, 15) is 0 Å². The molecule has 0 aliphatic heterocycles. The first-order valence-electron chi connectivity index (χ1n) is 6.07. The average Bonchev–Trinajstić information content (AvgIpc) is 2.30. The summed E-state index contributed by atoms with van der Waals surface area (Å²) < 4.78 is 0. The fraction of sp³-hybridized carbons (Fsp3) is 0.667. The van der Waals surface area contributed by atoms with Crippen LogP contribution in [0, 0.1) is 5.92 Å². The van der Waals surface area contributed by atoms with Gasteiger partial charge in [-0.25, -0.2) is 4.98 Å². The molecule has 1 rings (SSSR count). The summed E-state index contributed by atoms with van der Waals surface area (Å²) in [6.07, 6.45) is 5.23. The number of anilines is 2. The Bertz CT molecular complexity index is 341. The zero-order valence-electron chi connectivity index (χ0n) is 10.8. The highest BCUT2D eigenvalue weighted by molar-refractivity contribution is 6.32. The molecule has 1 heterocycles. The van der Waals surface area contributed by atoms with E-state index in [-0.39, 0.29) is 0 Å². The van der Waals surface area contributed by atoms with Crippen molar-refractivity contribution < 1.29 is 0 Å². The molecule has 2 N–H and O–H groups in total. The van der Waals surface area contributed by atoms with Gasteiger partial charge in [-0.1, -0.05) is 38.3 Å². The van der Waals surface area contributed by atoms with E-state index in [2.05, 4.69) is 34.4 Å². The normalized spacial score (nSPS) is 10.6. The van der Waals surface area contributed by atoms with Gasteiger partial charge < -0.3 is 10.6 Å². The fourth-order valence-corrected chi connectivity index (χ4v) is 1.65. The molecular formula is C12H21ClN4. The van der Waals surface area contributed by atoms with Gasteiger partial charge in [-0.2, -0.15) is 4.98 Å². The molecule has 4 nitrogen and oxygen atoms in total. The van der Waals surface area contributed by atoms with Crippen molar-refractivity contribution >= 4 is 23.4 Å². The van der Waals surface area contributed by atoms with Crippen LogP contribution in [0.15, 0.2) is 6.20 Å². The van der Waals surface area contributed by atoms with Gasteiger partial charge in [-0.05, 0) is 12.3 Å². The number of hydrogen-bond donors (Lipinski definition) is 2. The second kappa shape index (κ2) is 7.33. The number of rotatable bonds is 7. The lowest BCUT2D eigenvalue weighted by Crippen LogP contribution is -2.06. The van der Waals surface area contributed by atoms with Crippen molar-refractivity contribution in [3.8, 4) is 0 Å². The summed E-state index contributed by atoms with van der Waals surface area (Å²) in [4.78, 5) is 8.29. The monoisotopic (exact) mass is 256 g/mol. The maximum absolute atomic E-state index is 6.00. The summed E-state index contributed by atoms with van der Waals surface area (Å²) in [5.41, 5.74) is 0. The Labute approximate surface area is 108 Å². The maximum Gasteiger partial charge on any atom is 0.224 e. The highest BCUT2D eigenvalue weighted by Gasteiger charge is 2.03. The Morgan fingerprint density at radius 2 is 2.12 bits per heavy atom. The summed E-state index contributed by atoms with van der Waals surface area (Å²) in [5, 5.41) is 6.69. The number of unbranched alkanes of at least 4 members (excludes halogenated alkanes) is 1. The van der Waals surface area contributed by atoms with E-state index in [0.717, 1.165) is 18.9 Å². The van der Waals surface area contributed by atoms with Crippen molar-refractivity contribution in [2.45, 2.75) is 33.1 Å². The molecule has 0 saturated carbocycles. The zero-order valence-corrected chi connectivity index (χ0v) is 11.5.